The molecule has 0 saturated heterocycles. The third kappa shape index (κ3) is 2.74. The van der Waals surface area contributed by atoms with Gasteiger partial charge in [-0.05, 0) is 29.3 Å². The Morgan fingerprint density at radius 2 is 2.14 bits per heavy atom. The Hall–Kier alpha value is -1.27. The van der Waals surface area contributed by atoms with Crippen LogP contribution in [-0.4, -0.2) is 23.1 Å². The van der Waals surface area contributed by atoms with Gasteiger partial charge >= 0.3 is 6.03 Å². The zero-order valence-corrected chi connectivity index (χ0v) is 13.4. The molecular formula is C14H12Cl2N2O2S. The summed E-state index contributed by atoms with van der Waals surface area (Å²) in [4.78, 5) is 13.2. The van der Waals surface area contributed by atoms with E-state index in [1.165, 1.54) is 11.3 Å². The molecule has 1 aromatic heterocycles. The summed E-state index contributed by atoms with van der Waals surface area (Å²) < 4.78 is 1.02. The van der Waals surface area contributed by atoms with Gasteiger partial charge in [0, 0.05) is 24.8 Å². The number of fused-ring (bicyclic) bond motifs is 1. The van der Waals surface area contributed by atoms with E-state index in [0.717, 1.165) is 16.8 Å². The van der Waals surface area contributed by atoms with Crippen LogP contribution in [0, 0.1) is 0 Å². The van der Waals surface area contributed by atoms with Gasteiger partial charge < -0.3 is 15.3 Å². The van der Waals surface area contributed by atoms with Crippen LogP contribution in [0.4, 0.5) is 10.5 Å². The minimum absolute atomic E-state index is 0.136. The van der Waals surface area contributed by atoms with Crippen LogP contribution in [0.1, 0.15) is 22.8 Å². The van der Waals surface area contributed by atoms with Crippen molar-refractivity contribution in [3.63, 3.8) is 0 Å². The number of urea groups is 1. The van der Waals surface area contributed by atoms with Crippen molar-refractivity contribution in [3.05, 3.63) is 49.6 Å². The van der Waals surface area contributed by atoms with Crippen LogP contribution in [0.5, 0.6) is 0 Å². The van der Waals surface area contributed by atoms with Gasteiger partial charge in [0.05, 0.1) is 4.34 Å². The van der Waals surface area contributed by atoms with E-state index in [1.54, 1.807) is 30.1 Å². The molecule has 2 N–H and O–H groups in total. The number of carbonyl (C=O) groups excluding carboxylic acids is 1. The zero-order valence-electron chi connectivity index (χ0n) is 11.1. The predicted octanol–water partition coefficient (Wildman–Crippen LogP) is 4.11. The van der Waals surface area contributed by atoms with Crippen LogP contribution >= 0.6 is 34.5 Å². The van der Waals surface area contributed by atoms with Crippen molar-refractivity contribution in [2.24, 2.45) is 0 Å². The van der Waals surface area contributed by atoms with E-state index in [-0.39, 0.29) is 6.03 Å². The molecule has 1 aliphatic rings. The van der Waals surface area contributed by atoms with Gasteiger partial charge in [0.1, 0.15) is 10.4 Å². The van der Waals surface area contributed by atoms with E-state index in [4.69, 9.17) is 23.2 Å². The molecule has 1 aliphatic heterocycles. The summed E-state index contributed by atoms with van der Waals surface area (Å²) in [7, 11) is 1.72. The summed E-state index contributed by atoms with van der Waals surface area (Å²) in [6.45, 7) is 0.500. The standard InChI is InChI=1S/C14H12Cl2N2O2S/c1-18-6-8-4-7(2-3-10(8)17-14(18)20)12(19)9-5-11(15)21-13(9)16/h2-5,12,19H,6H2,1H3,(H,17,20). The number of hydrogen-bond acceptors (Lipinski definition) is 3. The molecule has 0 saturated carbocycles. The Morgan fingerprint density at radius 3 is 2.81 bits per heavy atom. The van der Waals surface area contributed by atoms with Crippen molar-refractivity contribution < 1.29 is 9.90 Å². The van der Waals surface area contributed by atoms with Crippen LogP contribution in [0.15, 0.2) is 24.3 Å². The van der Waals surface area contributed by atoms with Gasteiger partial charge in [-0.15, -0.1) is 11.3 Å². The number of amides is 2. The average Bonchev–Trinajstić information content (AvgIpc) is 2.78. The summed E-state index contributed by atoms with van der Waals surface area (Å²) in [5.74, 6) is 0. The molecule has 2 amide bonds. The molecule has 1 aromatic carbocycles. The fourth-order valence-electron chi connectivity index (χ4n) is 2.29. The fraction of sp³-hybridized carbons (Fsp3) is 0.214. The molecule has 0 bridgehead atoms. The lowest BCUT2D eigenvalue weighted by Crippen LogP contribution is -2.35. The molecule has 0 fully saturated rings. The van der Waals surface area contributed by atoms with Crippen molar-refractivity contribution in [3.8, 4) is 0 Å². The maximum Gasteiger partial charge on any atom is 0.321 e. The molecular weight excluding hydrogens is 331 g/mol. The lowest BCUT2D eigenvalue weighted by molar-refractivity contribution is 0.217. The van der Waals surface area contributed by atoms with Crippen LogP contribution in [0.3, 0.4) is 0 Å². The van der Waals surface area contributed by atoms with Crippen LogP contribution < -0.4 is 5.32 Å². The van der Waals surface area contributed by atoms with Gasteiger partial charge in [-0.1, -0.05) is 29.3 Å². The summed E-state index contributed by atoms with van der Waals surface area (Å²) in [5, 5.41) is 13.3. The van der Waals surface area contributed by atoms with Gasteiger partial charge in [0.25, 0.3) is 0 Å². The third-order valence-corrected chi connectivity index (χ3v) is 4.94. The maximum atomic E-state index is 11.6. The number of nitrogens with one attached hydrogen (secondary N) is 1. The average molecular weight is 343 g/mol. The second-order valence-electron chi connectivity index (χ2n) is 4.88. The van der Waals surface area contributed by atoms with Crippen LogP contribution in [-0.2, 0) is 6.54 Å². The minimum atomic E-state index is -0.838. The van der Waals surface area contributed by atoms with Crippen molar-refractivity contribution >= 4 is 46.3 Å². The quantitative estimate of drug-likeness (QED) is 0.862. The van der Waals surface area contributed by atoms with Crippen molar-refractivity contribution in [1.82, 2.24) is 4.90 Å². The number of benzene rings is 1. The molecule has 1 unspecified atom stereocenters. The molecule has 21 heavy (non-hydrogen) atoms. The lowest BCUT2D eigenvalue weighted by Gasteiger charge is -2.26. The second-order valence-corrected chi connectivity index (χ2v) is 7.17. The molecule has 4 nitrogen and oxygen atoms in total. The van der Waals surface area contributed by atoms with E-state index in [1.807, 2.05) is 6.07 Å². The Balaban J connectivity index is 1.95. The summed E-state index contributed by atoms with van der Waals surface area (Å²) >= 11 is 13.2. The molecule has 2 heterocycles. The Bertz CT molecular complexity index is 717. The smallest absolute Gasteiger partial charge is 0.321 e. The van der Waals surface area contributed by atoms with Gasteiger partial charge in [-0.3, -0.25) is 0 Å². The van der Waals surface area contributed by atoms with E-state index in [2.05, 4.69) is 5.32 Å². The van der Waals surface area contributed by atoms with Gasteiger partial charge in [-0.25, -0.2) is 4.79 Å². The van der Waals surface area contributed by atoms with E-state index in [9.17, 15) is 9.90 Å². The highest BCUT2D eigenvalue weighted by Gasteiger charge is 2.22. The summed E-state index contributed by atoms with van der Waals surface area (Å²) in [5.41, 5.74) is 3.03. The monoisotopic (exact) mass is 342 g/mol. The number of carbonyl (C=O) groups is 1. The first-order valence-electron chi connectivity index (χ1n) is 6.23. The highest BCUT2D eigenvalue weighted by molar-refractivity contribution is 7.20. The molecule has 110 valence electrons. The number of halogens is 2. The first-order valence-corrected chi connectivity index (χ1v) is 7.80. The number of aliphatic hydroxyl groups is 1. The third-order valence-electron chi connectivity index (χ3n) is 3.42. The van der Waals surface area contributed by atoms with Crippen molar-refractivity contribution in [2.45, 2.75) is 12.6 Å². The molecule has 7 heteroatoms. The normalized spacial score (nSPS) is 15.6. The Morgan fingerprint density at radius 1 is 1.38 bits per heavy atom. The maximum absolute atomic E-state index is 11.6. The van der Waals surface area contributed by atoms with E-state index in [0.29, 0.717) is 20.8 Å². The van der Waals surface area contributed by atoms with Gasteiger partial charge in [0.2, 0.25) is 0 Å². The van der Waals surface area contributed by atoms with Crippen molar-refractivity contribution in [1.29, 1.82) is 0 Å². The SMILES string of the molecule is CN1Cc2cc(C(O)c3cc(Cl)sc3Cl)ccc2NC1=O. The van der Waals surface area contributed by atoms with Crippen LogP contribution in [0.2, 0.25) is 8.67 Å². The molecule has 1 atom stereocenters. The van der Waals surface area contributed by atoms with Crippen LogP contribution in [0.25, 0.3) is 0 Å². The van der Waals surface area contributed by atoms with Crippen molar-refractivity contribution in [2.75, 3.05) is 12.4 Å². The first kappa shape index (κ1) is 14.7. The van der Waals surface area contributed by atoms with E-state index >= 15 is 0 Å². The first-order chi connectivity index (χ1) is 9.95. The van der Waals surface area contributed by atoms with Gasteiger partial charge in [0.15, 0.2) is 0 Å². The molecule has 0 spiro atoms. The van der Waals surface area contributed by atoms with E-state index < -0.39 is 6.10 Å². The Kier molecular flexibility index (Phi) is 3.84. The molecule has 2 aromatic rings. The molecule has 3 rings (SSSR count). The highest BCUT2D eigenvalue weighted by atomic mass is 35.5. The topological polar surface area (TPSA) is 52.6 Å². The molecule has 0 radical (unpaired) electrons. The Labute approximate surface area is 135 Å². The molecule has 0 aliphatic carbocycles. The van der Waals surface area contributed by atoms with Gasteiger partial charge in [-0.2, -0.15) is 0 Å². The summed E-state index contributed by atoms with van der Waals surface area (Å²) in [6, 6.07) is 6.98. The summed E-state index contributed by atoms with van der Waals surface area (Å²) in [6.07, 6.45) is -0.838. The number of nitrogens with zero attached hydrogens (tertiary/aromatic N) is 1. The minimum Gasteiger partial charge on any atom is -0.384 e. The number of aliphatic hydroxyl groups excluding tert-OH is 1. The number of rotatable bonds is 2. The predicted molar refractivity (Wildman–Crippen MR) is 85.3 cm³/mol. The number of thiophene rings is 1. The zero-order chi connectivity index (χ0) is 15.1. The number of hydrogen-bond donors (Lipinski definition) is 2. The fourth-order valence-corrected chi connectivity index (χ4v) is 3.81. The lowest BCUT2D eigenvalue weighted by atomic mass is 9.99. The number of anilines is 1. The largest absolute Gasteiger partial charge is 0.384 e. The highest BCUT2D eigenvalue weighted by Crippen LogP contribution is 2.38. The second kappa shape index (κ2) is 5.50.